The summed E-state index contributed by atoms with van der Waals surface area (Å²) in [5.74, 6) is -4.48. The van der Waals surface area contributed by atoms with Crippen molar-refractivity contribution in [2.45, 2.75) is 29.3 Å². The largest absolute Gasteiger partial charge is 0.415 e. The zero-order valence-electron chi connectivity index (χ0n) is 22.2. The van der Waals surface area contributed by atoms with Gasteiger partial charge in [-0.25, -0.2) is 0 Å². The van der Waals surface area contributed by atoms with E-state index < -0.39 is 62.7 Å². The Morgan fingerprint density at radius 3 is 1.65 bits per heavy atom. The molecule has 1 fully saturated rings. The topological polar surface area (TPSA) is 186 Å². The molecule has 1 aliphatic rings. The highest BCUT2D eigenvalue weighted by atomic mass is 16.7. The van der Waals surface area contributed by atoms with Crippen LogP contribution in [0.25, 0.3) is 0 Å². The molecule has 3 N–H and O–H groups in total. The summed E-state index contributed by atoms with van der Waals surface area (Å²) >= 11 is 0. The van der Waals surface area contributed by atoms with Gasteiger partial charge in [-0.2, -0.15) is 0 Å². The van der Waals surface area contributed by atoms with Crippen LogP contribution in [0.4, 0.5) is 0 Å². The van der Waals surface area contributed by atoms with Crippen LogP contribution in [0.3, 0.4) is 0 Å². The van der Waals surface area contributed by atoms with Gasteiger partial charge in [-0.15, -0.1) is 0 Å². The molecule has 1 saturated heterocycles. The summed E-state index contributed by atoms with van der Waals surface area (Å²) in [5.41, 5.74) is -13.1. The molecule has 5 rings (SSSR count). The van der Waals surface area contributed by atoms with Gasteiger partial charge >= 0.3 is 5.72 Å². The average Bonchev–Trinajstić information content (AvgIpc) is 3.29. The molecular formula is C31H24N2O10. The van der Waals surface area contributed by atoms with E-state index in [1.807, 2.05) is 0 Å². The van der Waals surface area contributed by atoms with Gasteiger partial charge in [-0.05, 0) is 6.07 Å². The molecule has 12 nitrogen and oxygen atoms in total. The standard InChI is InChI=1S/C31H24N2O10/c34-23-18-10-11-19-32(23)28-30(39,25(36)21-14-6-2-7-15-21)29(38,24(35)20-12-4-1-5-13-20)27(43-28)31(40,33(41)42)26(37)22-16-8-3-9-17-22/h1-19,27-28,38-40H/t27-,28+,29+,30-,31?/m0/s1. The minimum Gasteiger partial charge on any atom is -0.376 e. The molecule has 0 saturated carbocycles. The van der Waals surface area contributed by atoms with Crippen molar-refractivity contribution in [1.29, 1.82) is 0 Å². The molecule has 4 aromatic rings. The lowest BCUT2D eigenvalue weighted by atomic mass is 9.68. The van der Waals surface area contributed by atoms with Gasteiger partial charge in [0, 0.05) is 29.0 Å². The van der Waals surface area contributed by atoms with Crippen LogP contribution in [-0.2, 0) is 4.74 Å². The van der Waals surface area contributed by atoms with Crippen molar-refractivity contribution in [3.63, 3.8) is 0 Å². The third-order valence-corrected chi connectivity index (χ3v) is 7.47. The second kappa shape index (κ2) is 10.9. The number of Topliss-reactive ketones (excluding diaryl/α,β-unsaturated/α-hetero) is 3. The second-order valence-corrected chi connectivity index (χ2v) is 9.92. The third-order valence-electron chi connectivity index (χ3n) is 7.47. The molecular weight excluding hydrogens is 560 g/mol. The number of ether oxygens (including phenoxy) is 1. The van der Waals surface area contributed by atoms with E-state index in [-0.39, 0.29) is 11.1 Å². The Balaban J connectivity index is 1.86. The van der Waals surface area contributed by atoms with Crippen LogP contribution < -0.4 is 5.56 Å². The number of carbonyl (C=O) groups is 3. The second-order valence-electron chi connectivity index (χ2n) is 9.92. The lowest BCUT2D eigenvalue weighted by molar-refractivity contribution is -0.618. The highest BCUT2D eigenvalue weighted by molar-refractivity contribution is 6.14. The quantitative estimate of drug-likeness (QED) is 0.113. The Labute approximate surface area is 243 Å². The smallest absolute Gasteiger partial charge is 0.376 e. The molecule has 0 bridgehead atoms. The van der Waals surface area contributed by atoms with E-state index in [4.69, 9.17) is 4.74 Å². The number of aliphatic hydroxyl groups is 3. The van der Waals surface area contributed by atoms with E-state index in [0.29, 0.717) is 4.57 Å². The van der Waals surface area contributed by atoms with E-state index >= 15 is 0 Å². The number of nitro groups is 1. The Kier molecular flexibility index (Phi) is 7.46. The van der Waals surface area contributed by atoms with Crippen LogP contribution in [0.15, 0.2) is 120 Å². The Morgan fingerprint density at radius 1 is 0.744 bits per heavy atom. The van der Waals surface area contributed by atoms with E-state index in [2.05, 4.69) is 0 Å². The highest BCUT2D eigenvalue weighted by Gasteiger charge is 2.82. The predicted molar refractivity (Wildman–Crippen MR) is 149 cm³/mol. The molecule has 1 aromatic heterocycles. The first kappa shape index (κ1) is 29.4. The maximum atomic E-state index is 14.2. The Bertz CT molecular complexity index is 1760. The van der Waals surface area contributed by atoms with E-state index in [1.54, 1.807) is 6.07 Å². The van der Waals surface area contributed by atoms with Crippen LogP contribution in [0.2, 0.25) is 0 Å². The van der Waals surface area contributed by atoms with E-state index in [9.17, 15) is 44.6 Å². The van der Waals surface area contributed by atoms with Gasteiger partial charge in [0.05, 0.1) is 4.92 Å². The van der Waals surface area contributed by atoms with Gasteiger partial charge < -0.3 is 20.1 Å². The zero-order valence-corrected chi connectivity index (χ0v) is 22.2. The molecule has 0 spiro atoms. The Morgan fingerprint density at radius 2 is 1.19 bits per heavy atom. The molecule has 0 radical (unpaired) electrons. The van der Waals surface area contributed by atoms with Crippen molar-refractivity contribution in [2.75, 3.05) is 0 Å². The van der Waals surface area contributed by atoms with E-state index in [1.165, 1.54) is 84.9 Å². The maximum Gasteiger partial charge on any atom is 0.415 e. The van der Waals surface area contributed by atoms with E-state index in [0.717, 1.165) is 24.4 Å². The summed E-state index contributed by atoms with van der Waals surface area (Å²) < 4.78 is 6.36. The minimum absolute atomic E-state index is 0.276. The summed E-state index contributed by atoms with van der Waals surface area (Å²) in [7, 11) is 0. The van der Waals surface area contributed by atoms with Gasteiger partial charge in [0.2, 0.25) is 28.9 Å². The fraction of sp³-hybridized carbons (Fsp3) is 0.161. The lowest BCUT2D eigenvalue weighted by Crippen LogP contribution is -2.73. The number of carbonyl (C=O) groups excluding carboxylic acids is 3. The first-order valence-electron chi connectivity index (χ1n) is 12.9. The fourth-order valence-corrected chi connectivity index (χ4v) is 5.30. The van der Waals surface area contributed by atoms with Crippen molar-refractivity contribution >= 4 is 17.3 Å². The van der Waals surface area contributed by atoms with Crippen LogP contribution in [0, 0.1) is 10.1 Å². The summed E-state index contributed by atoms with van der Waals surface area (Å²) in [4.78, 5) is 66.3. The molecule has 5 atom stereocenters. The van der Waals surface area contributed by atoms with Crippen molar-refractivity contribution < 1.29 is 39.4 Å². The molecule has 2 heterocycles. The van der Waals surface area contributed by atoms with Gasteiger partial charge in [0.1, 0.15) is 0 Å². The number of nitrogens with zero attached hydrogens (tertiary/aromatic N) is 2. The molecule has 218 valence electrons. The van der Waals surface area contributed by atoms with Crippen molar-refractivity contribution in [3.8, 4) is 0 Å². The number of aromatic nitrogens is 1. The average molecular weight is 585 g/mol. The first-order valence-corrected chi connectivity index (χ1v) is 12.9. The normalized spacial score (nSPS) is 24.5. The fourth-order valence-electron chi connectivity index (χ4n) is 5.30. The lowest BCUT2D eigenvalue weighted by Gasteiger charge is -2.39. The summed E-state index contributed by atoms with van der Waals surface area (Å²) in [6.07, 6.45) is -4.22. The summed E-state index contributed by atoms with van der Waals surface area (Å²) in [6.45, 7) is 0. The van der Waals surface area contributed by atoms with Crippen LogP contribution in [0.5, 0.6) is 0 Å². The highest BCUT2D eigenvalue weighted by Crippen LogP contribution is 2.52. The van der Waals surface area contributed by atoms with Crippen LogP contribution >= 0.6 is 0 Å². The number of ketones is 3. The predicted octanol–water partition coefficient (Wildman–Crippen LogP) is 1.82. The molecule has 1 unspecified atom stereocenters. The molecule has 43 heavy (non-hydrogen) atoms. The number of hydrogen-bond acceptors (Lipinski definition) is 10. The molecule has 12 heteroatoms. The monoisotopic (exact) mass is 584 g/mol. The van der Waals surface area contributed by atoms with Crippen molar-refractivity contribution in [1.82, 2.24) is 4.57 Å². The molecule has 1 aliphatic heterocycles. The van der Waals surface area contributed by atoms with Crippen molar-refractivity contribution in [2.24, 2.45) is 0 Å². The van der Waals surface area contributed by atoms with Crippen LogP contribution in [0.1, 0.15) is 37.3 Å². The molecule has 0 amide bonds. The molecule has 3 aromatic carbocycles. The SMILES string of the molecule is O=C(c1ccccc1)C(O)([C@H]1O[C@@H](n2ccccc2=O)[C@@](O)(C(=O)c2ccccc2)[C@@]1(O)C(=O)c1ccccc1)[N+](=O)[O-]. The van der Waals surface area contributed by atoms with Crippen molar-refractivity contribution in [3.05, 3.63) is 153 Å². The van der Waals surface area contributed by atoms with Gasteiger partial charge in [-0.3, -0.25) is 33.9 Å². The zero-order chi connectivity index (χ0) is 31.0. The number of pyridine rings is 1. The number of rotatable bonds is 9. The summed E-state index contributed by atoms with van der Waals surface area (Å²) in [5, 5.41) is 49.2. The first-order chi connectivity index (χ1) is 20.5. The summed E-state index contributed by atoms with van der Waals surface area (Å²) in [6, 6.07) is 23.6. The van der Waals surface area contributed by atoms with Gasteiger partial charge in [-0.1, -0.05) is 97.1 Å². The number of benzene rings is 3. The van der Waals surface area contributed by atoms with Gasteiger partial charge in [0.15, 0.2) is 6.23 Å². The van der Waals surface area contributed by atoms with Gasteiger partial charge in [0.25, 0.3) is 11.3 Å². The Hall–Kier alpha value is -5.14. The number of hydrogen-bond donors (Lipinski definition) is 3. The third kappa shape index (κ3) is 4.40. The minimum atomic E-state index is -3.96. The van der Waals surface area contributed by atoms with Crippen LogP contribution in [-0.4, -0.2) is 65.2 Å². The maximum absolute atomic E-state index is 14.2. The molecule has 0 aliphatic carbocycles.